The molecule has 0 spiro atoms. The molecule has 2 aromatic heterocycles. The van der Waals surface area contributed by atoms with Crippen molar-refractivity contribution in [3.05, 3.63) is 201 Å². The summed E-state index contributed by atoms with van der Waals surface area (Å²) >= 11 is 6.27. The molecule has 0 saturated carbocycles. The Morgan fingerprint density at radius 2 is 1.39 bits per heavy atom. The SMILES string of the molecule is CC(C)(C)c1ccc(C(O)CCCN2CCC(C(O)(c3ccccc3)c3ccccc3)CC2)cc1.CCOC(=O)N1CCC(=C2c3ccc(Cl)cc3CCc3cccnc32)CC1.CCOCCn1c(N2CCCN(C)CC2)nc2ccccc21. The summed E-state index contributed by atoms with van der Waals surface area (Å²) in [6.07, 6.45) is 9.67. The number of aryl methyl sites for hydroxylation is 2. The van der Waals surface area contributed by atoms with Crippen molar-refractivity contribution in [3.8, 4) is 0 Å². The van der Waals surface area contributed by atoms with E-state index in [2.05, 4.69) is 138 Å². The number of hydrogen-bond acceptors (Lipinski definition) is 10. The summed E-state index contributed by atoms with van der Waals surface area (Å²) in [6.45, 7) is 21.9. The van der Waals surface area contributed by atoms with Crippen LogP contribution in [0.3, 0.4) is 0 Å². The van der Waals surface area contributed by atoms with E-state index in [0.29, 0.717) is 19.7 Å². The van der Waals surface area contributed by atoms with Crippen molar-refractivity contribution in [3.63, 3.8) is 0 Å². The standard InChI is InChI=1S/C32H41NO2.C22H23ClN2O2.C17H26N4O/c1-31(2,3)26-18-16-25(17-19-26)30(34)15-10-22-33-23-20-29(21-24-33)32(35,27-11-6-4-7-12-27)28-13-8-5-9-14-28;1-2-27-22(26)25-12-9-15(10-13-25)20-19-8-7-18(23)14-17(19)6-5-16-4-3-11-24-21(16)20;1-3-22-14-13-21-16-8-5-4-7-15(16)18-17(21)20-10-6-9-19(2)11-12-20/h4-9,11-14,16-19,29-30,34-35H,10,15,20-24H2,1-3H3;3-4,7-8,11,14H,2,5-6,9-10,12-13H2,1H3;4-5,7-8H,3,6,9-14H2,1-2H3. The number of carbonyl (C=O) groups is 1. The quantitative estimate of drug-likeness (QED) is 0.102. The number of fused-ring (bicyclic) bond motifs is 3. The number of amides is 1. The highest BCUT2D eigenvalue weighted by Gasteiger charge is 2.41. The lowest BCUT2D eigenvalue weighted by Crippen LogP contribution is -2.44. The van der Waals surface area contributed by atoms with E-state index in [1.165, 1.54) is 45.3 Å². The van der Waals surface area contributed by atoms with Crippen LogP contribution in [0.25, 0.3) is 16.6 Å². The molecule has 7 aromatic rings. The highest BCUT2D eigenvalue weighted by molar-refractivity contribution is 6.30. The summed E-state index contributed by atoms with van der Waals surface area (Å²) in [6, 6.07) is 47.4. The van der Waals surface area contributed by atoms with Gasteiger partial charge in [-0.2, -0.15) is 0 Å². The van der Waals surface area contributed by atoms with Gasteiger partial charge < -0.3 is 43.9 Å². The van der Waals surface area contributed by atoms with Gasteiger partial charge in [0.25, 0.3) is 0 Å². The maximum absolute atomic E-state index is 12.1. The Bertz CT molecular complexity index is 3180. The van der Waals surface area contributed by atoms with Gasteiger partial charge in [0, 0.05) is 62.7 Å². The van der Waals surface area contributed by atoms with E-state index in [-0.39, 0.29) is 17.4 Å². The minimum absolute atomic E-state index is 0.128. The van der Waals surface area contributed by atoms with E-state index in [9.17, 15) is 15.0 Å². The summed E-state index contributed by atoms with van der Waals surface area (Å²) in [4.78, 5) is 30.8. The minimum Gasteiger partial charge on any atom is -0.450 e. The van der Waals surface area contributed by atoms with Crippen LogP contribution in [-0.2, 0) is 39.9 Å². The lowest BCUT2D eigenvalue weighted by Gasteiger charge is -2.42. The largest absolute Gasteiger partial charge is 0.450 e. The monoisotopic (exact) mass is 1160 g/mol. The van der Waals surface area contributed by atoms with E-state index in [1.54, 1.807) is 4.90 Å². The number of likely N-dealkylation sites (tertiary alicyclic amines) is 2. The van der Waals surface area contributed by atoms with Crippen molar-refractivity contribution in [1.29, 1.82) is 0 Å². The number of hydrogen-bond donors (Lipinski definition) is 2. The highest BCUT2D eigenvalue weighted by Crippen LogP contribution is 2.43. The Balaban J connectivity index is 0.000000155. The normalized spacial score (nSPS) is 16.8. The van der Waals surface area contributed by atoms with Gasteiger partial charge in [0.2, 0.25) is 5.95 Å². The first-order valence-electron chi connectivity index (χ1n) is 30.9. The zero-order valence-corrected chi connectivity index (χ0v) is 51.5. The average molecular weight is 1160 g/mol. The van der Waals surface area contributed by atoms with E-state index in [4.69, 9.17) is 31.0 Å². The van der Waals surface area contributed by atoms with E-state index in [0.717, 1.165) is 156 Å². The molecule has 0 bridgehead atoms. The van der Waals surface area contributed by atoms with Crippen molar-refractivity contribution >= 4 is 40.2 Å². The van der Waals surface area contributed by atoms with Crippen LogP contribution < -0.4 is 4.90 Å². The molecule has 3 fully saturated rings. The number of aliphatic hydroxyl groups is 2. The van der Waals surface area contributed by atoms with Gasteiger partial charge in [-0.1, -0.05) is 147 Å². The molecule has 84 heavy (non-hydrogen) atoms. The smallest absolute Gasteiger partial charge is 0.409 e. The molecule has 13 heteroatoms. The molecular weight excluding hydrogens is 1070 g/mol. The number of aliphatic hydroxyl groups excluding tert-OH is 1. The van der Waals surface area contributed by atoms with Gasteiger partial charge in [-0.15, -0.1) is 0 Å². The third-order valence-corrected chi connectivity index (χ3v) is 17.6. The van der Waals surface area contributed by atoms with Gasteiger partial charge in [0.1, 0.15) is 5.60 Å². The molecule has 1 atom stereocenters. The third-order valence-electron chi connectivity index (χ3n) is 17.4. The number of piperidine rings is 2. The summed E-state index contributed by atoms with van der Waals surface area (Å²) in [5, 5.41) is 23.5. The number of pyridine rings is 1. The van der Waals surface area contributed by atoms with Crippen molar-refractivity contribution in [1.82, 2.24) is 29.2 Å². The van der Waals surface area contributed by atoms with E-state index in [1.807, 2.05) is 68.6 Å². The first-order valence-corrected chi connectivity index (χ1v) is 31.3. The van der Waals surface area contributed by atoms with Crippen LogP contribution in [0, 0.1) is 5.92 Å². The summed E-state index contributed by atoms with van der Waals surface area (Å²) < 4.78 is 13.0. The number of anilines is 1. The van der Waals surface area contributed by atoms with Gasteiger partial charge in [0.05, 0.1) is 36.0 Å². The Kier molecular flexibility index (Phi) is 21.9. The molecule has 1 unspecified atom stereocenters. The Morgan fingerprint density at radius 3 is 2.07 bits per heavy atom. The van der Waals surface area contributed by atoms with Gasteiger partial charge in [-0.05, 0) is 185 Å². The summed E-state index contributed by atoms with van der Waals surface area (Å²) in [7, 11) is 2.20. The second-order valence-electron chi connectivity index (χ2n) is 24.0. The second-order valence-corrected chi connectivity index (χ2v) is 24.5. The summed E-state index contributed by atoms with van der Waals surface area (Å²) in [5.74, 6) is 1.27. The first-order chi connectivity index (χ1) is 40.7. The van der Waals surface area contributed by atoms with Crippen LogP contribution in [0.15, 0.2) is 151 Å². The van der Waals surface area contributed by atoms with E-state index >= 15 is 0 Å². The number of nitrogens with zero attached hydrogens (tertiary/aromatic N) is 7. The van der Waals surface area contributed by atoms with Crippen LogP contribution in [-0.4, -0.2) is 131 Å². The molecule has 1 amide bonds. The molecule has 11 rings (SSSR count). The number of halogens is 1. The lowest BCUT2D eigenvalue weighted by atomic mass is 9.72. The molecule has 3 saturated heterocycles. The molecule has 5 heterocycles. The topological polar surface area (TPSA) is 120 Å². The third kappa shape index (κ3) is 15.5. The summed E-state index contributed by atoms with van der Waals surface area (Å²) in [5.41, 5.74) is 13.2. The Morgan fingerprint density at radius 1 is 0.714 bits per heavy atom. The number of aromatic nitrogens is 3. The van der Waals surface area contributed by atoms with Crippen LogP contribution in [0.1, 0.15) is 130 Å². The molecule has 2 N–H and O–H groups in total. The van der Waals surface area contributed by atoms with Crippen LogP contribution in [0.2, 0.25) is 5.02 Å². The van der Waals surface area contributed by atoms with Gasteiger partial charge in [0.15, 0.2) is 0 Å². The Hall–Kier alpha value is -6.38. The zero-order valence-electron chi connectivity index (χ0n) is 50.7. The number of ether oxygens (including phenoxy) is 2. The number of para-hydroxylation sites is 2. The maximum atomic E-state index is 12.1. The molecule has 446 valence electrons. The molecule has 3 aliphatic heterocycles. The van der Waals surface area contributed by atoms with Crippen LogP contribution >= 0.6 is 11.6 Å². The fourth-order valence-electron chi connectivity index (χ4n) is 12.6. The zero-order chi connectivity index (χ0) is 59.1. The fraction of sp³-hybridized carbons (Fsp3) is 0.451. The lowest BCUT2D eigenvalue weighted by molar-refractivity contribution is -0.0146. The number of imidazole rings is 1. The number of likely N-dealkylation sites (N-methyl/N-ethyl adjacent to an activating group) is 1. The van der Waals surface area contributed by atoms with Crippen molar-refractivity contribution < 1.29 is 24.5 Å². The van der Waals surface area contributed by atoms with Crippen molar-refractivity contribution in [2.45, 2.75) is 116 Å². The Labute approximate surface area is 505 Å². The van der Waals surface area contributed by atoms with Gasteiger partial charge in [-0.25, -0.2) is 9.78 Å². The first kappa shape index (κ1) is 62.2. The predicted molar refractivity (Wildman–Crippen MR) is 342 cm³/mol. The number of rotatable bonds is 14. The number of carbonyl (C=O) groups excluding carboxylic acids is 1. The molecule has 4 aliphatic rings. The maximum Gasteiger partial charge on any atom is 0.409 e. The number of benzene rings is 5. The second kappa shape index (κ2) is 29.6. The van der Waals surface area contributed by atoms with Gasteiger partial charge in [-0.3, -0.25) is 4.98 Å². The molecular formula is C71H90ClN7O5. The fourth-order valence-corrected chi connectivity index (χ4v) is 12.8. The van der Waals surface area contributed by atoms with E-state index < -0.39 is 11.7 Å². The average Bonchev–Trinajstić information content (AvgIpc) is 3.69. The minimum atomic E-state index is -0.968. The van der Waals surface area contributed by atoms with Crippen molar-refractivity contribution in [2.75, 3.05) is 90.7 Å². The highest BCUT2D eigenvalue weighted by atomic mass is 35.5. The molecule has 0 radical (unpaired) electrons. The predicted octanol–water partition coefficient (Wildman–Crippen LogP) is 13.5. The van der Waals surface area contributed by atoms with Crippen LogP contribution in [0.4, 0.5) is 10.7 Å². The molecule has 12 nitrogen and oxygen atoms in total. The van der Waals surface area contributed by atoms with Crippen molar-refractivity contribution in [2.24, 2.45) is 5.92 Å². The molecule has 1 aliphatic carbocycles. The molecule has 5 aromatic carbocycles. The van der Waals surface area contributed by atoms with Crippen LogP contribution in [0.5, 0.6) is 0 Å². The van der Waals surface area contributed by atoms with Gasteiger partial charge >= 0.3 is 6.09 Å².